The molecule has 0 atom stereocenters. The minimum Gasteiger partial charge on any atom is -0.494 e. The third-order valence-electron chi connectivity index (χ3n) is 4.76. The lowest BCUT2D eigenvalue weighted by atomic mass is 10.0. The van der Waals surface area contributed by atoms with Crippen LogP contribution in [0.1, 0.15) is 18.1 Å². The molecule has 0 aliphatic carbocycles. The number of amides is 2. The zero-order valence-electron chi connectivity index (χ0n) is 16.5. The summed E-state index contributed by atoms with van der Waals surface area (Å²) in [5.74, 6) is 0.0643. The topological polar surface area (TPSA) is 71.5 Å². The highest BCUT2D eigenvalue weighted by atomic mass is 16.5. The largest absolute Gasteiger partial charge is 0.494 e. The Kier molecular flexibility index (Phi) is 5.57. The van der Waals surface area contributed by atoms with Crippen LogP contribution in [0.25, 0.3) is 5.57 Å². The van der Waals surface area contributed by atoms with E-state index in [9.17, 15) is 9.59 Å². The first kappa shape index (κ1) is 19.4. The number of carbonyl (C=O) groups excluding carboxylic acids is 2. The van der Waals surface area contributed by atoms with E-state index in [0.29, 0.717) is 23.4 Å². The number of hydrogen-bond donors (Lipinski definition) is 1. The fraction of sp³-hybridized carbons (Fsp3) is 0.125. The summed E-state index contributed by atoms with van der Waals surface area (Å²) in [6, 6.07) is 20.1. The van der Waals surface area contributed by atoms with E-state index >= 15 is 0 Å². The van der Waals surface area contributed by atoms with Crippen LogP contribution in [0, 0.1) is 0 Å². The zero-order chi connectivity index (χ0) is 20.9. The molecular formula is C24H21N3O3. The average molecular weight is 399 g/mol. The van der Waals surface area contributed by atoms with Gasteiger partial charge in [-0.15, -0.1) is 0 Å². The lowest BCUT2D eigenvalue weighted by Gasteiger charge is -2.15. The van der Waals surface area contributed by atoms with Crippen molar-refractivity contribution in [2.45, 2.75) is 13.5 Å². The Morgan fingerprint density at radius 2 is 1.60 bits per heavy atom. The molecule has 1 aromatic heterocycles. The van der Waals surface area contributed by atoms with Crippen LogP contribution in [0.15, 0.2) is 84.8 Å². The molecule has 0 bridgehead atoms. The zero-order valence-corrected chi connectivity index (χ0v) is 16.5. The number of pyridine rings is 1. The van der Waals surface area contributed by atoms with Gasteiger partial charge in [0.2, 0.25) is 0 Å². The number of hydrogen-bond acceptors (Lipinski definition) is 5. The van der Waals surface area contributed by atoms with E-state index in [2.05, 4.69) is 10.3 Å². The fourth-order valence-corrected chi connectivity index (χ4v) is 3.32. The summed E-state index contributed by atoms with van der Waals surface area (Å²) < 4.78 is 5.47. The van der Waals surface area contributed by atoms with Crippen molar-refractivity contribution in [3.63, 3.8) is 0 Å². The van der Waals surface area contributed by atoms with Gasteiger partial charge < -0.3 is 10.1 Å². The van der Waals surface area contributed by atoms with Crippen LogP contribution < -0.4 is 10.1 Å². The quantitative estimate of drug-likeness (QED) is 0.611. The normalized spacial score (nSPS) is 13.7. The van der Waals surface area contributed by atoms with Gasteiger partial charge in [0.05, 0.1) is 18.7 Å². The number of ether oxygens (including phenoxy) is 1. The number of carbonyl (C=O) groups is 2. The van der Waals surface area contributed by atoms with Gasteiger partial charge >= 0.3 is 0 Å². The van der Waals surface area contributed by atoms with Gasteiger partial charge in [0.25, 0.3) is 11.8 Å². The highest BCUT2D eigenvalue weighted by Gasteiger charge is 2.39. The lowest BCUT2D eigenvalue weighted by molar-refractivity contribution is -0.137. The van der Waals surface area contributed by atoms with Gasteiger partial charge in [0.15, 0.2) is 0 Å². The molecule has 30 heavy (non-hydrogen) atoms. The van der Waals surface area contributed by atoms with Gasteiger partial charge in [0, 0.05) is 18.1 Å². The van der Waals surface area contributed by atoms with Crippen molar-refractivity contribution in [2.24, 2.45) is 0 Å². The van der Waals surface area contributed by atoms with Crippen molar-refractivity contribution >= 4 is 23.1 Å². The smallest absolute Gasteiger partial charge is 0.278 e. The van der Waals surface area contributed by atoms with Crippen LogP contribution in [0.5, 0.6) is 5.75 Å². The van der Waals surface area contributed by atoms with Gasteiger partial charge in [0.1, 0.15) is 11.4 Å². The number of nitrogens with one attached hydrogen (secondary N) is 1. The maximum absolute atomic E-state index is 13.2. The van der Waals surface area contributed by atoms with E-state index in [0.717, 1.165) is 11.3 Å². The molecule has 0 unspecified atom stereocenters. The van der Waals surface area contributed by atoms with Crippen LogP contribution in [0.4, 0.5) is 5.69 Å². The molecule has 3 aromatic rings. The Morgan fingerprint density at radius 3 is 2.27 bits per heavy atom. The molecule has 1 aliphatic rings. The molecule has 0 fully saturated rings. The molecule has 1 N–H and O–H groups in total. The van der Waals surface area contributed by atoms with E-state index in [1.165, 1.54) is 4.90 Å². The van der Waals surface area contributed by atoms with Gasteiger partial charge in [-0.25, -0.2) is 0 Å². The number of imide groups is 1. The summed E-state index contributed by atoms with van der Waals surface area (Å²) in [4.78, 5) is 31.7. The highest BCUT2D eigenvalue weighted by Crippen LogP contribution is 2.31. The van der Waals surface area contributed by atoms with Crippen molar-refractivity contribution in [2.75, 3.05) is 11.9 Å². The van der Waals surface area contributed by atoms with Gasteiger partial charge in [-0.3, -0.25) is 19.5 Å². The predicted molar refractivity (Wildman–Crippen MR) is 114 cm³/mol. The van der Waals surface area contributed by atoms with E-state index in [1.807, 2.05) is 61.5 Å². The van der Waals surface area contributed by atoms with Crippen molar-refractivity contribution in [1.29, 1.82) is 0 Å². The van der Waals surface area contributed by atoms with Crippen molar-refractivity contribution in [1.82, 2.24) is 9.88 Å². The second-order valence-corrected chi connectivity index (χ2v) is 6.75. The van der Waals surface area contributed by atoms with Crippen LogP contribution in [0.2, 0.25) is 0 Å². The molecular weight excluding hydrogens is 378 g/mol. The lowest BCUT2D eigenvalue weighted by Crippen LogP contribution is -2.32. The summed E-state index contributed by atoms with van der Waals surface area (Å²) in [6.07, 6.45) is 3.29. The number of nitrogens with zero attached hydrogens (tertiary/aromatic N) is 2. The molecule has 0 radical (unpaired) electrons. The van der Waals surface area contributed by atoms with E-state index in [-0.39, 0.29) is 24.1 Å². The van der Waals surface area contributed by atoms with Crippen LogP contribution in [-0.2, 0) is 16.1 Å². The molecule has 2 heterocycles. The van der Waals surface area contributed by atoms with E-state index in [1.54, 1.807) is 24.5 Å². The highest BCUT2D eigenvalue weighted by molar-refractivity contribution is 6.36. The third-order valence-corrected chi connectivity index (χ3v) is 4.76. The van der Waals surface area contributed by atoms with Crippen molar-refractivity contribution in [3.8, 4) is 5.75 Å². The van der Waals surface area contributed by atoms with Gasteiger partial charge in [-0.1, -0.05) is 30.3 Å². The molecule has 2 amide bonds. The van der Waals surface area contributed by atoms with Gasteiger partial charge in [-0.05, 0) is 54.4 Å². The Labute approximate surface area is 174 Å². The number of anilines is 1. The second kappa shape index (κ2) is 8.61. The summed E-state index contributed by atoms with van der Waals surface area (Å²) in [6.45, 7) is 2.68. The average Bonchev–Trinajstić information content (AvgIpc) is 3.01. The Balaban J connectivity index is 1.68. The number of aromatic nitrogens is 1. The minimum absolute atomic E-state index is 0.185. The summed E-state index contributed by atoms with van der Waals surface area (Å²) in [5.41, 5.74) is 2.87. The minimum atomic E-state index is -0.357. The Morgan fingerprint density at radius 1 is 0.900 bits per heavy atom. The Hall–Kier alpha value is -3.93. The van der Waals surface area contributed by atoms with Gasteiger partial charge in [-0.2, -0.15) is 0 Å². The maximum atomic E-state index is 13.2. The van der Waals surface area contributed by atoms with Crippen LogP contribution >= 0.6 is 0 Å². The van der Waals surface area contributed by atoms with E-state index < -0.39 is 0 Å². The first-order valence-corrected chi connectivity index (χ1v) is 9.72. The van der Waals surface area contributed by atoms with Crippen molar-refractivity contribution in [3.05, 3.63) is 95.9 Å². The molecule has 6 heteroatoms. The summed E-state index contributed by atoms with van der Waals surface area (Å²) >= 11 is 0. The van der Waals surface area contributed by atoms with Crippen LogP contribution in [-0.4, -0.2) is 28.3 Å². The number of benzene rings is 2. The third kappa shape index (κ3) is 3.93. The number of rotatable bonds is 7. The summed E-state index contributed by atoms with van der Waals surface area (Å²) in [5, 5.41) is 3.15. The Bertz CT molecular complexity index is 1080. The molecule has 0 saturated carbocycles. The fourth-order valence-electron chi connectivity index (χ4n) is 3.32. The molecule has 0 spiro atoms. The monoisotopic (exact) mass is 399 g/mol. The second-order valence-electron chi connectivity index (χ2n) is 6.75. The SMILES string of the molecule is CCOc1ccc(NC2=C(c3ccccc3)C(=O)N(Cc3ccncc3)C2=O)cc1. The molecule has 1 aliphatic heterocycles. The first-order valence-electron chi connectivity index (χ1n) is 9.72. The standard InChI is InChI=1S/C24H21N3O3/c1-2-30-20-10-8-19(9-11-20)26-22-21(18-6-4-3-5-7-18)23(28)27(24(22)29)16-17-12-14-25-15-13-17/h3-15,26H,2,16H2,1H3. The predicted octanol–water partition coefficient (Wildman–Crippen LogP) is 3.87. The molecule has 6 nitrogen and oxygen atoms in total. The molecule has 0 saturated heterocycles. The van der Waals surface area contributed by atoms with Crippen molar-refractivity contribution < 1.29 is 14.3 Å². The summed E-state index contributed by atoms with van der Waals surface area (Å²) in [7, 11) is 0. The molecule has 2 aromatic carbocycles. The van der Waals surface area contributed by atoms with Crippen LogP contribution in [0.3, 0.4) is 0 Å². The van der Waals surface area contributed by atoms with E-state index in [4.69, 9.17) is 4.74 Å². The molecule has 4 rings (SSSR count). The first-order chi connectivity index (χ1) is 14.7. The maximum Gasteiger partial charge on any atom is 0.278 e. The molecule has 150 valence electrons.